The van der Waals surface area contributed by atoms with E-state index in [1.165, 1.54) is 4.68 Å². The molecule has 3 rings (SSSR count). The number of hydrogen-bond donors (Lipinski definition) is 0. The minimum absolute atomic E-state index is 0.128. The highest BCUT2D eigenvalue weighted by atomic mass is 32.2. The topological polar surface area (TPSA) is 72.3 Å². The zero-order chi connectivity index (χ0) is 15.9. The first kappa shape index (κ1) is 15.0. The van der Waals surface area contributed by atoms with E-state index in [0.717, 1.165) is 11.1 Å². The van der Waals surface area contributed by atoms with Gasteiger partial charge in [-0.3, -0.25) is 4.79 Å². The molecule has 2 aromatic rings. The van der Waals surface area contributed by atoms with Crippen molar-refractivity contribution >= 4 is 26.3 Å². The van der Waals surface area contributed by atoms with Gasteiger partial charge in [-0.05, 0) is 31.0 Å². The third-order valence-electron chi connectivity index (χ3n) is 4.18. The first-order valence-electron chi connectivity index (χ1n) is 7.27. The fourth-order valence-electron chi connectivity index (χ4n) is 2.81. The van der Waals surface area contributed by atoms with Gasteiger partial charge in [0.1, 0.15) is 9.84 Å². The Morgan fingerprint density at radius 1 is 1.23 bits per heavy atom. The number of benzene rings is 1. The van der Waals surface area contributed by atoms with Crippen LogP contribution in [-0.4, -0.2) is 43.8 Å². The normalized spacial score (nSPS) is 18.5. The molecule has 7 heteroatoms. The van der Waals surface area contributed by atoms with Crippen LogP contribution in [0.5, 0.6) is 0 Å². The second-order valence-corrected chi connectivity index (χ2v) is 8.25. The summed E-state index contributed by atoms with van der Waals surface area (Å²) in [6, 6.07) is 5.51. The molecule has 1 fully saturated rings. The largest absolute Gasteiger partial charge is 0.378 e. The number of rotatable bonds is 2. The van der Waals surface area contributed by atoms with Crippen LogP contribution in [0.3, 0.4) is 0 Å². The van der Waals surface area contributed by atoms with Crippen LogP contribution in [0.1, 0.15) is 18.9 Å². The van der Waals surface area contributed by atoms with E-state index < -0.39 is 9.84 Å². The van der Waals surface area contributed by atoms with Gasteiger partial charge in [0.15, 0.2) is 0 Å². The Kier molecular flexibility index (Phi) is 3.68. The second-order valence-electron chi connectivity index (χ2n) is 5.94. The zero-order valence-corrected chi connectivity index (χ0v) is 13.5. The smallest absolute Gasteiger partial charge is 0.274 e. The van der Waals surface area contributed by atoms with Gasteiger partial charge in [-0.2, -0.15) is 5.10 Å². The van der Waals surface area contributed by atoms with Gasteiger partial charge in [0, 0.05) is 25.2 Å². The fraction of sp³-hybridized carbons (Fsp3) is 0.467. The molecule has 1 aliphatic heterocycles. The molecule has 118 valence electrons. The van der Waals surface area contributed by atoms with Crippen LogP contribution in [0.15, 0.2) is 29.2 Å². The number of sulfone groups is 1. The standard InChI is InChI=1S/C15H19N3O3S/c1-17(2)13-3-4-14-11(9-13)10-16-18(15(14)19)12-5-7-22(20,21)8-6-12/h3-4,9-10,12H,5-8H2,1-2H3. The van der Waals surface area contributed by atoms with Gasteiger partial charge in [-0.1, -0.05) is 0 Å². The summed E-state index contributed by atoms with van der Waals surface area (Å²) in [5.41, 5.74) is 0.863. The Morgan fingerprint density at radius 2 is 1.91 bits per heavy atom. The van der Waals surface area contributed by atoms with Crippen molar-refractivity contribution in [3.8, 4) is 0 Å². The van der Waals surface area contributed by atoms with Crippen molar-refractivity contribution in [1.82, 2.24) is 9.78 Å². The predicted octanol–water partition coefficient (Wildman–Crippen LogP) is 1.21. The third kappa shape index (κ3) is 2.72. The average molecular weight is 321 g/mol. The summed E-state index contributed by atoms with van der Waals surface area (Å²) in [4.78, 5) is 14.6. The average Bonchev–Trinajstić information content (AvgIpc) is 2.48. The number of nitrogens with zero attached hydrogens (tertiary/aromatic N) is 3. The summed E-state index contributed by atoms with van der Waals surface area (Å²) in [5.74, 6) is 0.257. The van der Waals surface area contributed by atoms with Crippen molar-refractivity contribution in [1.29, 1.82) is 0 Å². The van der Waals surface area contributed by atoms with Crippen LogP contribution in [0.25, 0.3) is 10.8 Å². The lowest BCUT2D eigenvalue weighted by Crippen LogP contribution is -2.33. The molecule has 1 aromatic heterocycles. The summed E-state index contributed by atoms with van der Waals surface area (Å²) in [6.45, 7) is 0. The van der Waals surface area contributed by atoms with Crippen LogP contribution in [-0.2, 0) is 9.84 Å². The summed E-state index contributed by atoms with van der Waals surface area (Å²) in [5, 5.41) is 5.69. The van der Waals surface area contributed by atoms with Gasteiger partial charge in [0.25, 0.3) is 5.56 Å². The van der Waals surface area contributed by atoms with Gasteiger partial charge >= 0.3 is 0 Å². The zero-order valence-electron chi connectivity index (χ0n) is 12.7. The first-order chi connectivity index (χ1) is 10.4. The monoisotopic (exact) mass is 321 g/mol. The van der Waals surface area contributed by atoms with E-state index in [4.69, 9.17) is 0 Å². The van der Waals surface area contributed by atoms with E-state index in [1.807, 2.05) is 37.2 Å². The van der Waals surface area contributed by atoms with E-state index in [0.29, 0.717) is 18.2 Å². The van der Waals surface area contributed by atoms with E-state index >= 15 is 0 Å². The maximum Gasteiger partial charge on any atom is 0.274 e. The van der Waals surface area contributed by atoms with Crippen molar-refractivity contribution in [2.45, 2.75) is 18.9 Å². The quantitative estimate of drug-likeness (QED) is 0.831. The van der Waals surface area contributed by atoms with Crippen LogP contribution >= 0.6 is 0 Å². The molecule has 0 atom stereocenters. The minimum atomic E-state index is -2.94. The predicted molar refractivity (Wildman–Crippen MR) is 87.3 cm³/mol. The number of aromatic nitrogens is 2. The SMILES string of the molecule is CN(C)c1ccc2c(=O)n(C3CCS(=O)(=O)CC3)ncc2c1. The van der Waals surface area contributed by atoms with Gasteiger partial charge in [0.2, 0.25) is 0 Å². The third-order valence-corrected chi connectivity index (χ3v) is 5.90. The lowest BCUT2D eigenvalue weighted by Gasteiger charge is -2.23. The molecule has 6 nitrogen and oxygen atoms in total. The van der Waals surface area contributed by atoms with E-state index in [-0.39, 0.29) is 23.1 Å². The molecule has 0 saturated carbocycles. The fourth-order valence-corrected chi connectivity index (χ4v) is 4.28. The second kappa shape index (κ2) is 5.39. The van der Waals surface area contributed by atoms with Crippen molar-refractivity contribution < 1.29 is 8.42 Å². The molecule has 2 heterocycles. The van der Waals surface area contributed by atoms with Crippen LogP contribution < -0.4 is 10.5 Å². The van der Waals surface area contributed by atoms with Crippen molar-refractivity contribution in [3.05, 3.63) is 34.7 Å². The number of anilines is 1. The Labute approximate surface area is 129 Å². The maximum absolute atomic E-state index is 12.6. The summed E-state index contributed by atoms with van der Waals surface area (Å²) in [6.07, 6.45) is 2.60. The van der Waals surface area contributed by atoms with Crippen molar-refractivity contribution in [3.63, 3.8) is 0 Å². The lowest BCUT2D eigenvalue weighted by atomic mass is 10.1. The van der Waals surface area contributed by atoms with Gasteiger partial charge in [0.05, 0.1) is 29.1 Å². The Bertz CT molecular complexity index is 857. The summed E-state index contributed by atoms with van der Waals surface area (Å²) >= 11 is 0. The van der Waals surface area contributed by atoms with Gasteiger partial charge < -0.3 is 4.90 Å². The van der Waals surface area contributed by atoms with Crippen molar-refractivity contribution in [2.24, 2.45) is 0 Å². The van der Waals surface area contributed by atoms with Crippen LogP contribution in [0.2, 0.25) is 0 Å². The highest BCUT2D eigenvalue weighted by Crippen LogP contribution is 2.23. The molecule has 0 unspecified atom stereocenters. The maximum atomic E-state index is 12.6. The van der Waals surface area contributed by atoms with Crippen LogP contribution in [0.4, 0.5) is 5.69 Å². The summed E-state index contributed by atoms with van der Waals surface area (Å²) < 4.78 is 24.5. The molecular weight excluding hydrogens is 302 g/mol. The first-order valence-corrected chi connectivity index (χ1v) is 9.09. The Morgan fingerprint density at radius 3 is 2.55 bits per heavy atom. The van der Waals surface area contributed by atoms with Gasteiger partial charge in [-0.25, -0.2) is 13.1 Å². The molecule has 0 N–H and O–H groups in total. The number of fused-ring (bicyclic) bond motifs is 1. The molecule has 0 radical (unpaired) electrons. The minimum Gasteiger partial charge on any atom is -0.378 e. The van der Waals surface area contributed by atoms with E-state index in [2.05, 4.69) is 5.10 Å². The Hall–Kier alpha value is -1.89. The van der Waals surface area contributed by atoms with E-state index in [9.17, 15) is 13.2 Å². The lowest BCUT2D eigenvalue weighted by molar-refractivity contribution is 0.399. The van der Waals surface area contributed by atoms with Crippen molar-refractivity contribution in [2.75, 3.05) is 30.5 Å². The Balaban J connectivity index is 2.01. The highest BCUT2D eigenvalue weighted by Gasteiger charge is 2.26. The highest BCUT2D eigenvalue weighted by molar-refractivity contribution is 7.91. The molecule has 0 amide bonds. The molecule has 22 heavy (non-hydrogen) atoms. The molecular formula is C15H19N3O3S. The molecule has 1 saturated heterocycles. The van der Waals surface area contributed by atoms with Crippen LogP contribution in [0, 0.1) is 0 Å². The molecule has 0 spiro atoms. The molecule has 1 aliphatic rings. The summed E-state index contributed by atoms with van der Waals surface area (Å²) in [7, 11) is 0.943. The van der Waals surface area contributed by atoms with E-state index in [1.54, 1.807) is 6.20 Å². The number of hydrogen-bond acceptors (Lipinski definition) is 5. The molecule has 0 aliphatic carbocycles. The van der Waals surface area contributed by atoms with Gasteiger partial charge in [-0.15, -0.1) is 0 Å². The molecule has 0 bridgehead atoms. The molecule has 1 aromatic carbocycles.